The normalized spacial score (nSPS) is 17.4. The molecule has 212 valence electrons. The molecule has 3 aromatic carbocycles. The van der Waals surface area contributed by atoms with Crippen LogP contribution in [0, 0.1) is 0 Å². The monoisotopic (exact) mass is 617 g/mol. The number of likely N-dealkylation sites (tertiary alicyclic amines) is 1. The fourth-order valence-electron chi connectivity index (χ4n) is 5.03. The number of nitrogens with one attached hydrogen (secondary N) is 2. The van der Waals surface area contributed by atoms with Gasteiger partial charge in [0.2, 0.25) is 11.8 Å². The van der Waals surface area contributed by atoms with Gasteiger partial charge >= 0.3 is 6.18 Å². The number of piperidine rings is 1. The summed E-state index contributed by atoms with van der Waals surface area (Å²) in [6.45, 7) is 2.80. The summed E-state index contributed by atoms with van der Waals surface area (Å²) < 4.78 is 46.1. The minimum Gasteiger partial charge on any atom is -0.496 e. The van der Waals surface area contributed by atoms with Gasteiger partial charge in [-0.3, -0.25) is 9.59 Å². The third kappa shape index (κ3) is 7.22. The van der Waals surface area contributed by atoms with Crippen molar-refractivity contribution in [3.63, 3.8) is 0 Å². The molecular formula is C30H31BrF3N3O3. The van der Waals surface area contributed by atoms with Crippen LogP contribution in [0.2, 0.25) is 0 Å². The van der Waals surface area contributed by atoms with Gasteiger partial charge < -0.3 is 20.3 Å². The van der Waals surface area contributed by atoms with Crippen molar-refractivity contribution in [2.45, 2.75) is 38.0 Å². The molecule has 1 heterocycles. The number of amides is 2. The molecule has 2 amide bonds. The summed E-state index contributed by atoms with van der Waals surface area (Å²) >= 11 is 3.00. The Morgan fingerprint density at radius 3 is 2.42 bits per heavy atom. The molecule has 2 atom stereocenters. The molecule has 3 aromatic rings. The van der Waals surface area contributed by atoms with Crippen LogP contribution in [0.1, 0.15) is 36.0 Å². The largest absolute Gasteiger partial charge is 0.496 e. The lowest BCUT2D eigenvalue weighted by Crippen LogP contribution is -2.51. The highest BCUT2D eigenvalue weighted by atomic mass is 79.9. The standard InChI is InChI=1S/C30H31BrF3N3O3/c1-19(38)35-17-29(39)37-13-12-27(24(18-37)20-6-4-3-5-7-20)36-16-23-14-21(9-11-28(23)40-2)22-8-10-26(31)25(15-22)30(32,33)34/h3-11,14-15,24,27,36H,12-13,16-18H2,1-2H3,(H,35,38). The summed E-state index contributed by atoms with van der Waals surface area (Å²) in [5.41, 5.74) is 2.27. The average molecular weight is 618 g/mol. The molecule has 0 bridgehead atoms. The maximum absolute atomic E-state index is 13.5. The van der Waals surface area contributed by atoms with E-state index >= 15 is 0 Å². The van der Waals surface area contributed by atoms with E-state index in [1.807, 2.05) is 36.4 Å². The summed E-state index contributed by atoms with van der Waals surface area (Å²) in [5, 5.41) is 6.20. The van der Waals surface area contributed by atoms with Gasteiger partial charge in [-0.15, -0.1) is 0 Å². The molecule has 2 unspecified atom stereocenters. The highest BCUT2D eigenvalue weighted by Gasteiger charge is 2.34. The van der Waals surface area contributed by atoms with Crippen LogP contribution in [-0.4, -0.2) is 49.5 Å². The van der Waals surface area contributed by atoms with E-state index in [1.54, 1.807) is 30.2 Å². The predicted octanol–water partition coefficient (Wildman–Crippen LogP) is 5.75. The molecule has 10 heteroatoms. The molecule has 1 aliphatic heterocycles. The van der Waals surface area contributed by atoms with E-state index in [4.69, 9.17) is 4.74 Å². The number of benzene rings is 3. The van der Waals surface area contributed by atoms with Crippen LogP contribution in [0.4, 0.5) is 13.2 Å². The zero-order chi connectivity index (χ0) is 28.9. The number of carbonyl (C=O) groups is 2. The summed E-state index contributed by atoms with van der Waals surface area (Å²) in [6.07, 6.45) is -3.79. The Morgan fingerprint density at radius 2 is 1.75 bits per heavy atom. The van der Waals surface area contributed by atoms with Crippen molar-refractivity contribution in [1.82, 2.24) is 15.5 Å². The Kier molecular flexibility index (Phi) is 9.52. The van der Waals surface area contributed by atoms with Gasteiger partial charge in [-0.05, 0) is 47.4 Å². The second-order valence-electron chi connectivity index (χ2n) is 9.76. The van der Waals surface area contributed by atoms with Gasteiger partial charge in [-0.1, -0.05) is 58.4 Å². The fraction of sp³-hybridized carbons (Fsp3) is 0.333. The first-order valence-electron chi connectivity index (χ1n) is 12.9. The number of methoxy groups -OCH3 is 1. The highest BCUT2D eigenvalue weighted by Crippen LogP contribution is 2.38. The minimum absolute atomic E-state index is 0.00576. The van der Waals surface area contributed by atoms with Crippen molar-refractivity contribution in [2.75, 3.05) is 26.7 Å². The van der Waals surface area contributed by atoms with E-state index in [1.165, 1.54) is 13.0 Å². The molecule has 2 N–H and O–H groups in total. The van der Waals surface area contributed by atoms with Gasteiger partial charge in [0.15, 0.2) is 0 Å². The van der Waals surface area contributed by atoms with Crippen LogP contribution in [0.3, 0.4) is 0 Å². The minimum atomic E-state index is -4.48. The first-order valence-corrected chi connectivity index (χ1v) is 13.7. The van der Waals surface area contributed by atoms with Crippen molar-refractivity contribution < 1.29 is 27.5 Å². The van der Waals surface area contributed by atoms with Gasteiger partial charge in [-0.2, -0.15) is 13.2 Å². The Morgan fingerprint density at radius 1 is 1.05 bits per heavy atom. The molecule has 4 rings (SSSR count). The Balaban J connectivity index is 1.55. The second kappa shape index (κ2) is 12.9. The van der Waals surface area contributed by atoms with Crippen LogP contribution in [0.15, 0.2) is 71.2 Å². The van der Waals surface area contributed by atoms with E-state index in [0.29, 0.717) is 42.9 Å². The third-order valence-electron chi connectivity index (χ3n) is 7.12. The molecule has 6 nitrogen and oxygen atoms in total. The first kappa shape index (κ1) is 29.6. The van der Waals surface area contributed by atoms with Crippen molar-refractivity contribution in [2.24, 2.45) is 0 Å². The number of rotatable bonds is 8. The van der Waals surface area contributed by atoms with Crippen LogP contribution in [0.5, 0.6) is 5.75 Å². The van der Waals surface area contributed by atoms with Crippen LogP contribution >= 0.6 is 15.9 Å². The van der Waals surface area contributed by atoms with Gasteiger partial charge in [0, 0.05) is 48.6 Å². The van der Waals surface area contributed by atoms with Gasteiger partial charge in [-0.25, -0.2) is 0 Å². The SMILES string of the molecule is COc1ccc(-c2ccc(Br)c(C(F)(F)F)c2)cc1CNC1CCN(C(=O)CNC(C)=O)CC1c1ccccc1. The molecule has 0 radical (unpaired) electrons. The van der Waals surface area contributed by atoms with Gasteiger partial charge in [0.1, 0.15) is 5.75 Å². The zero-order valence-corrected chi connectivity index (χ0v) is 23.8. The molecule has 40 heavy (non-hydrogen) atoms. The quantitative estimate of drug-likeness (QED) is 0.337. The number of carbonyl (C=O) groups excluding carboxylic acids is 2. The van der Waals surface area contributed by atoms with Gasteiger partial charge in [0.05, 0.1) is 19.2 Å². The van der Waals surface area contributed by atoms with Crippen molar-refractivity contribution in [1.29, 1.82) is 0 Å². The number of ether oxygens (including phenoxy) is 1. The van der Waals surface area contributed by atoms with E-state index < -0.39 is 11.7 Å². The van der Waals surface area contributed by atoms with Crippen LogP contribution < -0.4 is 15.4 Å². The average Bonchev–Trinajstić information content (AvgIpc) is 2.94. The Labute approximate surface area is 240 Å². The van der Waals surface area contributed by atoms with Crippen molar-refractivity contribution in [3.05, 3.63) is 87.9 Å². The van der Waals surface area contributed by atoms with E-state index in [2.05, 4.69) is 26.6 Å². The second-order valence-corrected chi connectivity index (χ2v) is 10.6. The molecule has 0 aliphatic carbocycles. The summed E-state index contributed by atoms with van der Waals surface area (Å²) in [5.74, 6) is 0.255. The number of hydrogen-bond donors (Lipinski definition) is 2. The molecule has 1 fully saturated rings. The summed E-state index contributed by atoms with van der Waals surface area (Å²) in [4.78, 5) is 25.8. The molecule has 1 saturated heterocycles. The lowest BCUT2D eigenvalue weighted by Gasteiger charge is -2.39. The lowest BCUT2D eigenvalue weighted by atomic mass is 9.85. The topological polar surface area (TPSA) is 70.7 Å². The summed E-state index contributed by atoms with van der Waals surface area (Å²) in [7, 11) is 1.56. The molecule has 0 aromatic heterocycles. The maximum atomic E-state index is 13.5. The van der Waals surface area contributed by atoms with E-state index in [-0.39, 0.29) is 34.8 Å². The fourth-order valence-corrected chi connectivity index (χ4v) is 5.50. The van der Waals surface area contributed by atoms with Crippen LogP contribution in [-0.2, 0) is 22.3 Å². The smallest absolute Gasteiger partial charge is 0.417 e. The highest BCUT2D eigenvalue weighted by molar-refractivity contribution is 9.10. The van der Waals surface area contributed by atoms with E-state index in [9.17, 15) is 22.8 Å². The zero-order valence-electron chi connectivity index (χ0n) is 22.2. The molecular weight excluding hydrogens is 587 g/mol. The van der Waals surface area contributed by atoms with Crippen molar-refractivity contribution >= 4 is 27.7 Å². The summed E-state index contributed by atoms with van der Waals surface area (Å²) in [6, 6.07) is 19.5. The number of hydrogen-bond acceptors (Lipinski definition) is 4. The predicted molar refractivity (Wildman–Crippen MR) is 151 cm³/mol. The molecule has 0 spiro atoms. The molecule has 1 aliphatic rings. The van der Waals surface area contributed by atoms with Gasteiger partial charge in [0.25, 0.3) is 0 Å². The number of halogens is 4. The molecule has 0 saturated carbocycles. The number of nitrogens with zero attached hydrogens (tertiary/aromatic N) is 1. The maximum Gasteiger partial charge on any atom is 0.417 e. The Hall–Kier alpha value is -3.37. The lowest BCUT2D eigenvalue weighted by molar-refractivity contribution is -0.138. The third-order valence-corrected chi connectivity index (χ3v) is 7.81. The number of alkyl halides is 3. The Bertz CT molecular complexity index is 1350. The van der Waals surface area contributed by atoms with Crippen molar-refractivity contribution in [3.8, 4) is 16.9 Å². The van der Waals surface area contributed by atoms with Crippen LogP contribution in [0.25, 0.3) is 11.1 Å². The van der Waals surface area contributed by atoms with E-state index in [0.717, 1.165) is 17.2 Å². The first-order chi connectivity index (χ1) is 19.1.